The van der Waals surface area contributed by atoms with Crippen LogP contribution in [0.1, 0.15) is 82.0 Å². The van der Waals surface area contributed by atoms with E-state index in [1.165, 1.54) is 25.2 Å². The second-order valence-electron chi connectivity index (χ2n) is 11.7. The third-order valence-electron chi connectivity index (χ3n) is 6.55. The van der Waals surface area contributed by atoms with Crippen LogP contribution in [-0.4, -0.2) is 74.7 Å². The number of nitrogens with two attached hydrogens (primary N) is 1. The second kappa shape index (κ2) is 15.2. The summed E-state index contributed by atoms with van der Waals surface area (Å²) in [6.45, 7) is 12.8. The van der Waals surface area contributed by atoms with Gasteiger partial charge in [0.1, 0.15) is 6.04 Å². The Labute approximate surface area is 243 Å². The van der Waals surface area contributed by atoms with Crippen molar-refractivity contribution in [1.29, 1.82) is 0 Å². The van der Waals surface area contributed by atoms with Crippen molar-refractivity contribution in [3.05, 3.63) is 29.3 Å². The van der Waals surface area contributed by atoms with Crippen LogP contribution in [0.3, 0.4) is 0 Å². The average Bonchev–Trinajstić information content (AvgIpc) is 2.84. The monoisotopic (exact) mass is 597 g/mol. The molecule has 13 heteroatoms. The number of benzene rings is 1. The van der Waals surface area contributed by atoms with Gasteiger partial charge in [-0.25, -0.2) is 8.42 Å². The van der Waals surface area contributed by atoms with E-state index >= 15 is 0 Å². The van der Waals surface area contributed by atoms with Gasteiger partial charge < -0.3 is 26.8 Å². The van der Waals surface area contributed by atoms with Crippen molar-refractivity contribution < 1.29 is 32.7 Å². The molecular formula is C28H47N5O7S. The molecule has 0 bridgehead atoms. The Hall–Kier alpha value is -3.19. The number of amides is 4. The van der Waals surface area contributed by atoms with Gasteiger partial charge in [0.2, 0.25) is 27.7 Å². The lowest BCUT2D eigenvalue weighted by Gasteiger charge is -2.29. The SMILES string of the molecule is CC(C)CC(NC(=O)c1cc(C(N)=O)cc(N(C)S(C)(=O)=O)c1)C(O)CC(C)C(=O)NC(C(=O)NC(C)C)C(C)C. The smallest absolute Gasteiger partial charge is 0.251 e. The van der Waals surface area contributed by atoms with E-state index in [1.54, 1.807) is 6.92 Å². The fourth-order valence-electron chi connectivity index (χ4n) is 4.17. The molecule has 0 aromatic heterocycles. The summed E-state index contributed by atoms with van der Waals surface area (Å²) in [6.07, 6.45) is 0.236. The van der Waals surface area contributed by atoms with E-state index in [-0.39, 0.29) is 47.0 Å². The first-order chi connectivity index (χ1) is 18.7. The Balaban J connectivity index is 3.16. The first kappa shape index (κ1) is 35.8. The number of carbonyl (C=O) groups excluding carboxylic acids is 4. The molecule has 232 valence electrons. The summed E-state index contributed by atoms with van der Waals surface area (Å²) in [7, 11) is -2.41. The summed E-state index contributed by atoms with van der Waals surface area (Å²) in [5, 5.41) is 19.4. The summed E-state index contributed by atoms with van der Waals surface area (Å²) >= 11 is 0. The normalized spacial score (nSPS) is 14.8. The lowest BCUT2D eigenvalue weighted by molar-refractivity contribution is -0.132. The number of primary amides is 1. The van der Waals surface area contributed by atoms with Crippen LogP contribution in [0.25, 0.3) is 0 Å². The van der Waals surface area contributed by atoms with Gasteiger partial charge in [-0.1, -0.05) is 34.6 Å². The zero-order valence-corrected chi connectivity index (χ0v) is 26.3. The standard InChI is InChI=1S/C28H47N5O7S/c1-15(2)10-22(23(34)11-18(7)26(36)32-24(16(3)4)28(38)30-17(5)6)31-27(37)20-12-19(25(29)35)13-21(14-20)33(8)41(9,39)40/h12-18,22-24,34H,10-11H2,1-9H3,(H2,29,35)(H,30,38)(H,31,37)(H,32,36). The topological polar surface area (TPSA) is 188 Å². The Morgan fingerprint density at radius 3 is 1.90 bits per heavy atom. The molecule has 0 saturated heterocycles. The maximum absolute atomic E-state index is 13.3. The minimum atomic E-state index is -3.69. The number of hydrogen-bond acceptors (Lipinski definition) is 7. The molecular weight excluding hydrogens is 550 g/mol. The van der Waals surface area contributed by atoms with E-state index in [0.717, 1.165) is 10.6 Å². The fourth-order valence-corrected chi connectivity index (χ4v) is 4.66. The van der Waals surface area contributed by atoms with E-state index < -0.39 is 51.9 Å². The Bertz CT molecular complexity index is 1200. The molecule has 1 rings (SSSR count). The van der Waals surface area contributed by atoms with Crippen LogP contribution in [0.2, 0.25) is 0 Å². The van der Waals surface area contributed by atoms with E-state index in [9.17, 15) is 32.7 Å². The van der Waals surface area contributed by atoms with Crippen molar-refractivity contribution in [3.8, 4) is 0 Å². The van der Waals surface area contributed by atoms with E-state index in [2.05, 4.69) is 16.0 Å². The summed E-state index contributed by atoms with van der Waals surface area (Å²) in [5.74, 6) is -2.97. The van der Waals surface area contributed by atoms with Gasteiger partial charge in [-0.2, -0.15) is 0 Å². The number of hydrogen-bond donors (Lipinski definition) is 5. The molecule has 4 unspecified atom stereocenters. The fraction of sp³-hybridized carbons (Fsp3) is 0.643. The third-order valence-corrected chi connectivity index (χ3v) is 7.76. The average molecular weight is 598 g/mol. The molecule has 0 radical (unpaired) electrons. The van der Waals surface area contributed by atoms with Crippen molar-refractivity contribution in [2.45, 2.75) is 85.5 Å². The van der Waals surface area contributed by atoms with Crippen LogP contribution in [0.15, 0.2) is 18.2 Å². The van der Waals surface area contributed by atoms with Gasteiger partial charge in [0.25, 0.3) is 5.91 Å². The molecule has 1 aromatic rings. The second-order valence-corrected chi connectivity index (χ2v) is 13.7. The van der Waals surface area contributed by atoms with Gasteiger partial charge in [0.05, 0.1) is 24.1 Å². The van der Waals surface area contributed by atoms with Crippen molar-refractivity contribution in [3.63, 3.8) is 0 Å². The highest BCUT2D eigenvalue weighted by atomic mass is 32.2. The number of nitrogens with zero attached hydrogens (tertiary/aromatic N) is 1. The highest BCUT2D eigenvalue weighted by molar-refractivity contribution is 7.92. The van der Waals surface area contributed by atoms with E-state index in [0.29, 0.717) is 6.42 Å². The van der Waals surface area contributed by atoms with Gasteiger partial charge in [-0.3, -0.25) is 23.5 Å². The number of rotatable bonds is 15. The van der Waals surface area contributed by atoms with Crippen LogP contribution in [0.4, 0.5) is 5.69 Å². The van der Waals surface area contributed by atoms with Crippen LogP contribution < -0.4 is 26.0 Å². The summed E-state index contributed by atoms with van der Waals surface area (Å²) in [4.78, 5) is 50.7. The number of carbonyl (C=O) groups is 4. The summed E-state index contributed by atoms with van der Waals surface area (Å²) in [6, 6.07) is 2.23. The summed E-state index contributed by atoms with van der Waals surface area (Å²) < 4.78 is 25.0. The number of aliphatic hydroxyl groups excluding tert-OH is 1. The van der Waals surface area contributed by atoms with Gasteiger partial charge in [0, 0.05) is 30.1 Å². The van der Waals surface area contributed by atoms with Crippen molar-refractivity contribution in [2.75, 3.05) is 17.6 Å². The molecule has 41 heavy (non-hydrogen) atoms. The Kier molecular flexibility index (Phi) is 13.2. The van der Waals surface area contributed by atoms with Gasteiger partial charge in [0.15, 0.2) is 0 Å². The molecule has 0 aliphatic rings. The predicted molar refractivity (Wildman–Crippen MR) is 159 cm³/mol. The quantitative estimate of drug-likeness (QED) is 0.202. The molecule has 0 spiro atoms. The molecule has 0 heterocycles. The molecule has 0 aliphatic carbocycles. The van der Waals surface area contributed by atoms with Crippen molar-refractivity contribution >= 4 is 39.3 Å². The van der Waals surface area contributed by atoms with Crippen LogP contribution in [0.5, 0.6) is 0 Å². The third kappa shape index (κ3) is 11.3. The van der Waals surface area contributed by atoms with Crippen LogP contribution in [-0.2, 0) is 19.6 Å². The van der Waals surface area contributed by atoms with Gasteiger partial charge in [-0.15, -0.1) is 0 Å². The minimum Gasteiger partial charge on any atom is -0.391 e. The molecule has 6 N–H and O–H groups in total. The lowest BCUT2D eigenvalue weighted by Crippen LogP contribution is -2.53. The van der Waals surface area contributed by atoms with Gasteiger partial charge in [-0.05, 0) is 56.7 Å². The number of nitrogens with one attached hydrogen (secondary N) is 3. The number of aliphatic hydroxyl groups is 1. The maximum atomic E-state index is 13.3. The van der Waals surface area contributed by atoms with E-state index in [4.69, 9.17) is 5.73 Å². The summed E-state index contributed by atoms with van der Waals surface area (Å²) in [5.41, 5.74) is 5.41. The predicted octanol–water partition coefficient (Wildman–Crippen LogP) is 1.38. The molecule has 12 nitrogen and oxygen atoms in total. The van der Waals surface area contributed by atoms with E-state index in [1.807, 2.05) is 41.5 Å². The molecule has 4 atom stereocenters. The zero-order valence-electron chi connectivity index (χ0n) is 25.5. The Morgan fingerprint density at radius 1 is 0.878 bits per heavy atom. The lowest BCUT2D eigenvalue weighted by atomic mass is 9.91. The number of anilines is 1. The van der Waals surface area contributed by atoms with Crippen molar-refractivity contribution in [1.82, 2.24) is 16.0 Å². The molecule has 0 saturated carbocycles. The Morgan fingerprint density at radius 2 is 1.44 bits per heavy atom. The largest absolute Gasteiger partial charge is 0.391 e. The van der Waals surface area contributed by atoms with Crippen molar-refractivity contribution in [2.24, 2.45) is 23.5 Å². The minimum absolute atomic E-state index is 0.00348. The molecule has 0 fully saturated rings. The molecule has 0 aliphatic heterocycles. The number of sulfonamides is 1. The first-order valence-corrected chi connectivity index (χ1v) is 15.6. The molecule has 1 aromatic carbocycles. The highest BCUT2D eigenvalue weighted by Gasteiger charge is 2.30. The first-order valence-electron chi connectivity index (χ1n) is 13.7. The van der Waals surface area contributed by atoms with Gasteiger partial charge >= 0.3 is 0 Å². The highest BCUT2D eigenvalue weighted by Crippen LogP contribution is 2.22. The zero-order chi connectivity index (χ0) is 31.8. The van der Waals surface area contributed by atoms with Crippen LogP contribution >= 0.6 is 0 Å². The molecule has 4 amide bonds. The van der Waals surface area contributed by atoms with Crippen LogP contribution in [0, 0.1) is 17.8 Å². The maximum Gasteiger partial charge on any atom is 0.251 e.